The maximum atomic E-state index is 12.8. The van der Waals surface area contributed by atoms with E-state index in [1.165, 1.54) is 238 Å². The molecule has 9 nitrogen and oxygen atoms in total. The number of likely N-dealkylation sites (N-methyl/N-ethyl adjacent to an activating group) is 1. The summed E-state index contributed by atoms with van der Waals surface area (Å²) in [7, 11) is 1.50. The van der Waals surface area contributed by atoms with Crippen molar-refractivity contribution in [1.82, 2.24) is 0 Å². The maximum Gasteiger partial charge on any atom is 0.472 e. The van der Waals surface area contributed by atoms with Crippen LogP contribution < -0.4 is 0 Å². The number of carbonyl (C=O) groups excluding carboxylic acids is 2. The first kappa shape index (κ1) is 66.0. The van der Waals surface area contributed by atoms with Crippen molar-refractivity contribution in [2.24, 2.45) is 0 Å². The molecular weight excluding hydrogens is 858 g/mol. The Labute approximate surface area is 416 Å². The lowest BCUT2D eigenvalue weighted by atomic mass is 10.0. The highest BCUT2D eigenvalue weighted by Crippen LogP contribution is 2.43. The van der Waals surface area contributed by atoms with Gasteiger partial charge in [0.15, 0.2) is 6.10 Å². The van der Waals surface area contributed by atoms with Crippen LogP contribution in [-0.4, -0.2) is 74.9 Å². The number of unbranched alkanes of at least 4 members (excludes halogenated alkanes) is 41. The highest BCUT2D eigenvalue weighted by molar-refractivity contribution is 7.47. The van der Waals surface area contributed by atoms with E-state index in [2.05, 4.69) is 13.8 Å². The number of ether oxygens (including phenoxy) is 2. The zero-order valence-electron chi connectivity index (χ0n) is 45.4. The average molecular weight is 974 g/mol. The fraction of sp³-hybridized carbons (Fsp3) is 0.965. The topological polar surface area (TPSA) is 108 Å². The number of rotatable bonds is 55. The fourth-order valence-electron chi connectivity index (χ4n) is 8.84. The van der Waals surface area contributed by atoms with E-state index >= 15 is 0 Å². The largest absolute Gasteiger partial charge is 0.472 e. The standard InChI is InChI=1S/C57H114NO8P/c1-6-8-10-12-14-16-18-20-22-24-26-27-28-29-30-32-34-36-38-40-42-44-46-48-50-57(60)66-55(54-65-67(61,62)64-52-51-58(3,4)5)53-63-56(59)49-47-45-43-41-39-37-35-33-31-25-23-21-19-17-15-13-11-9-7-2/h55H,6-54H2,1-5H3/p+1. The summed E-state index contributed by atoms with van der Waals surface area (Å²) in [4.78, 5) is 35.7. The van der Waals surface area contributed by atoms with Crippen molar-refractivity contribution in [3.05, 3.63) is 0 Å². The number of hydrogen-bond acceptors (Lipinski definition) is 7. The Morgan fingerprint density at radius 1 is 0.403 bits per heavy atom. The Balaban J connectivity index is 4.10. The molecule has 0 aliphatic heterocycles. The monoisotopic (exact) mass is 973 g/mol. The van der Waals surface area contributed by atoms with E-state index in [0.29, 0.717) is 17.4 Å². The van der Waals surface area contributed by atoms with E-state index < -0.39 is 26.5 Å². The lowest BCUT2D eigenvalue weighted by molar-refractivity contribution is -0.870. The molecule has 10 heteroatoms. The molecule has 0 radical (unpaired) electrons. The first-order chi connectivity index (χ1) is 32.5. The van der Waals surface area contributed by atoms with Gasteiger partial charge in [0.25, 0.3) is 0 Å². The second-order valence-electron chi connectivity index (χ2n) is 21.4. The van der Waals surface area contributed by atoms with Crippen LogP contribution in [0.15, 0.2) is 0 Å². The van der Waals surface area contributed by atoms with Gasteiger partial charge in [0, 0.05) is 12.8 Å². The third-order valence-corrected chi connectivity index (χ3v) is 14.4. The summed E-state index contributed by atoms with van der Waals surface area (Å²) >= 11 is 0. The number of quaternary nitrogens is 1. The van der Waals surface area contributed by atoms with Crippen molar-refractivity contribution in [3.8, 4) is 0 Å². The molecule has 2 atom stereocenters. The minimum absolute atomic E-state index is 0.0374. The van der Waals surface area contributed by atoms with Gasteiger partial charge < -0.3 is 18.9 Å². The molecule has 0 saturated carbocycles. The van der Waals surface area contributed by atoms with Crippen LogP contribution in [0.4, 0.5) is 0 Å². The number of phosphoric acid groups is 1. The summed E-state index contributed by atoms with van der Waals surface area (Å²) in [6.07, 6.45) is 56.0. The molecular formula is C57H115NO8P+. The SMILES string of the molecule is CCCCCCCCCCCCCCCCCCCCCCCCCCC(=O)OC(COC(=O)CCCCCCCCCCCCCCCCCCCCC)COP(=O)(O)OCC[N+](C)(C)C. The molecule has 2 unspecified atom stereocenters. The third kappa shape index (κ3) is 54.2. The van der Waals surface area contributed by atoms with Crippen LogP contribution in [0.25, 0.3) is 0 Å². The number of phosphoric ester groups is 1. The Bertz CT molecular complexity index is 1100. The predicted molar refractivity (Wildman–Crippen MR) is 285 cm³/mol. The quantitative estimate of drug-likeness (QED) is 0.0278. The molecule has 400 valence electrons. The second-order valence-corrected chi connectivity index (χ2v) is 22.9. The molecule has 0 aromatic heterocycles. The van der Waals surface area contributed by atoms with Crippen LogP contribution in [0, 0.1) is 0 Å². The van der Waals surface area contributed by atoms with Crippen molar-refractivity contribution in [3.63, 3.8) is 0 Å². The van der Waals surface area contributed by atoms with E-state index in [9.17, 15) is 19.0 Å². The van der Waals surface area contributed by atoms with Gasteiger partial charge in [-0.25, -0.2) is 4.57 Å². The lowest BCUT2D eigenvalue weighted by Gasteiger charge is -2.24. The fourth-order valence-corrected chi connectivity index (χ4v) is 9.58. The highest BCUT2D eigenvalue weighted by Gasteiger charge is 2.27. The normalized spacial score (nSPS) is 13.2. The third-order valence-electron chi connectivity index (χ3n) is 13.4. The Morgan fingerprint density at radius 3 is 0.955 bits per heavy atom. The minimum Gasteiger partial charge on any atom is -0.462 e. The zero-order chi connectivity index (χ0) is 49.2. The van der Waals surface area contributed by atoms with Gasteiger partial charge in [0.1, 0.15) is 19.8 Å². The van der Waals surface area contributed by atoms with Gasteiger partial charge in [-0.3, -0.25) is 18.6 Å². The van der Waals surface area contributed by atoms with Crippen LogP contribution in [0.3, 0.4) is 0 Å². The summed E-state index contributed by atoms with van der Waals surface area (Å²) in [6.45, 7) is 4.51. The molecule has 1 N–H and O–H groups in total. The molecule has 0 aromatic carbocycles. The smallest absolute Gasteiger partial charge is 0.462 e. The van der Waals surface area contributed by atoms with Gasteiger partial charge in [-0.05, 0) is 12.8 Å². The first-order valence-corrected chi connectivity index (χ1v) is 30.8. The van der Waals surface area contributed by atoms with Crippen molar-refractivity contribution in [2.45, 2.75) is 309 Å². The molecule has 0 aliphatic rings. The van der Waals surface area contributed by atoms with Crippen LogP contribution >= 0.6 is 7.82 Å². The molecule has 0 spiro atoms. The van der Waals surface area contributed by atoms with Gasteiger partial charge in [0.2, 0.25) is 0 Å². The molecule has 0 aromatic rings. The summed E-state index contributed by atoms with van der Waals surface area (Å²) in [5, 5.41) is 0. The molecule has 0 heterocycles. The van der Waals surface area contributed by atoms with Crippen LogP contribution in [-0.2, 0) is 32.7 Å². The Hall–Kier alpha value is -0.990. The first-order valence-electron chi connectivity index (χ1n) is 29.3. The molecule has 67 heavy (non-hydrogen) atoms. The summed E-state index contributed by atoms with van der Waals surface area (Å²) in [6, 6.07) is 0. The summed E-state index contributed by atoms with van der Waals surface area (Å²) < 4.78 is 34.6. The second kappa shape index (κ2) is 50.0. The lowest BCUT2D eigenvalue weighted by Crippen LogP contribution is -2.37. The number of esters is 2. The van der Waals surface area contributed by atoms with E-state index in [-0.39, 0.29) is 25.6 Å². The van der Waals surface area contributed by atoms with Crippen LogP contribution in [0.2, 0.25) is 0 Å². The molecule has 0 rings (SSSR count). The molecule has 0 fully saturated rings. The predicted octanol–water partition coefficient (Wildman–Crippen LogP) is 17.9. The average Bonchev–Trinajstić information content (AvgIpc) is 3.29. The van der Waals surface area contributed by atoms with Crippen LogP contribution in [0.1, 0.15) is 303 Å². The molecule has 0 saturated heterocycles. The van der Waals surface area contributed by atoms with Gasteiger partial charge in [-0.2, -0.15) is 0 Å². The van der Waals surface area contributed by atoms with E-state index in [1.807, 2.05) is 21.1 Å². The highest BCUT2D eigenvalue weighted by atomic mass is 31.2. The van der Waals surface area contributed by atoms with Gasteiger partial charge in [-0.1, -0.05) is 277 Å². The van der Waals surface area contributed by atoms with Crippen molar-refractivity contribution < 1.29 is 42.1 Å². The van der Waals surface area contributed by atoms with E-state index in [4.69, 9.17) is 18.5 Å². The molecule has 0 amide bonds. The van der Waals surface area contributed by atoms with Gasteiger partial charge >= 0.3 is 19.8 Å². The van der Waals surface area contributed by atoms with Crippen LogP contribution in [0.5, 0.6) is 0 Å². The number of nitrogens with zero attached hydrogens (tertiary/aromatic N) is 1. The van der Waals surface area contributed by atoms with Crippen molar-refractivity contribution in [1.29, 1.82) is 0 Å². The number of carbonyl (C=O) groups is 2. The Kier molecular flexibility index (Phi) is 49.2. The maximum absolute atomic E-state index is 12.8. The van der Waals surface area contributed by atoms with E-state index in [1.54, 1.807) is 0 Å². The van der Waals surface area contributed by atoms with Gasteiger partial charge in [-0.15, -0.1) is 0 Å². The molecule has 0 aliphatic carbocycles. The summed E-state index contributed by atoms with van der Waals surface area (Å²) in [5.74, 6) is -0.773. The van der Waals surface area contributed by atoms with Crippen molar-refractivity contribution in [2.75, 3.05) is 47.5 Å². The van der Waals surface area contributed by atoms with Crippen molar-refractivity contribution >= 4 is 19.8 Å². The number of hydrogen-bond donors (Lipinski definition) is 1. The summed E-state index contributed by atoms with van der Waals surface area (Å²) in [5.41, 5.74) is 0. The molecule has 0 bridgehead atoms. The minimum atomic E-state index is -4.38. The van der Waals surface area contributed by atoms with Gasteiger partial charge in [0.05, 0.1) is 27.7 Å². The Morgan fingerprint density at radius 2 is 0.672 bits per heavy atom. The zero-order valence-corrected chi connectivity index (χ0v) is 46.3. The van der Waals surface area contributed by atoms with E-state index in [0.717, 1.165) is 38.5 Å².